The summed E-state index contributed by atoms with van der Waals surface area (Å²) in [4.78, 5) is 16.8. The topological polar surface area (TPSA) is 68.2 Å². The summed E-state index contributed by atoms with van der Waals surface area (Å²) < 4.78 is 14.7. The lowest BCUT2D eigenvalue weighted by molar-refractivity contribution is -0.153. The molecule has 0 radical (unpaired) electrons. The summed E-state index contributed by atoms with van der Waals surface area (Å²) in [6.45, 7) is 4.70. The highest BCUT2D eigenvalue weighted by Gasteiger charge is 2.10. The van der Waals surface area contributed by atoms with Gasteiger partial charge in [0.15, 0.2) is 6.29 Å². The van der Waals surface area contributed by atoms with Gasteiger partial charge < -0.3 is 23.8 Å². The molecule has 0 aliphatic heterocycles. The van der Waals surface area contributed by atoms with Gasteiger partial charge >= 0.3 is 8.60 Å². The van der Waals surface area contributed by atoms with E-state index in [0.29, 0.717) is 13.2 Å². The first kappa shape index (κ1) is 12.2. The number of ether oxygens (including phenoxy) is 2. The Kier molecular flexibility index (Phi) is 8.01. The lowest BCUT2D eigenvalue weighted by atomic mass is 10.6. The zero-order valence-electron chi connectivity index (χ0n) is 7.27. The maximum Gasteiger partial charge on any atom is 0.327 e. The van der Waals surface area contributed by atoms with Gasteiger partial charge in [0.2, 0.25) is 0 Å². The maximum atomic E-state index is 8.42. The number of hydrogen-bond donors (Lipinski definition) is 2. The first-order valence-corrected chi connectivity index (χ1v) is 4.91. The second kappa shape index (κ2) is 7.86. The third-order valence-corrected chi connectivity index (χ3v) is 1.41. The van der Waals surface area contributed by atoms with Gasteiger partial charge in [-0.2, -0.15) is 0 Å². The van der Waals surface area contributed by atoms with Gasteiger partial charge in [0, 0.05) is 13.2 Å². The fourth-order valence-electron chi connectivity index (χ4n) is 0.644. The summed E-state index contributed by atoms with van der Waals surface area (Å²) in [5, 5.41) is 0. The highest BCUT2D eigenvalue weighted by Crippen LogP contribution is 2.24. The van der Waals surface area contributed by atoms with E-state index in [2.05, 4.69) is 4.52 Å². The Balaban J connectivity index is 3.48. The first-order valence-electron chi connectivity index (χ1n) is 3.74. The van der Waals surface area contributed by atoms with Crippen molar-refractivity contribution in [2.24, 2.45) is 0 Å². The van der Waals surface area contributed by atoms with E-state index in [9.17, 15) is 0 Å². The van der Waals surface area contributed by atoms with Crippen LogP contribution >= 0.6 is 8.60 Å². The molecule has 0 fully saturated rings. The molecule has 0 rings (SSSR count). The van der Waals surface area contributed by atoms with Gasteiger partial charge in [-0.25, -0.2) is 0 Å². The van der Waals surface area contributed by atoms with E-state index in [1.807, 2.05) is 13.8 Å². The Morgan fingerprint density at radius 1 is 1.17 bits per heavy atom. The minimum Gasteiger partial charge on any atom is -0.351 e. The Morgan fingerprint density at radius 2 is 1.67 bits per heavy atom. The molecule has 0 aliphatic carbocycles. The van der Waals surface area contributed by atoms with Crippen molar-refractivity contribution in [1.82, 2.24) is 0 Å². The zero-order chi connectivity index (χ0) is 9.40. The van der Waals surface area contributed by atoms with Crippen LogP contribution in [-0.4, -0.2) is 35.9 Å². The molecule has 6 heteroatoms. The predicted octanol–water partition coefficient (Wildman–Crippen LogP) is 0.614. The smallest absolute Gasteiger partial charge is 0.327 e. The third-order valence-electron chi connectivity index (χ3n) is 1.03. The standard InChI is InChI=1S/C6H15O5P/c1-3-9-6(10-4-2)5-11-12(7)8/h6-8H,3-5H2,1-2H3. The van der Waals surface area contributed by atoms with Crippen LogP contribution in [0.4, 0.5) is 0 Å². The monoisotopic (exact) mass is 198 g/mol. The van der Waals surface area contributed by atoms with Crippen LogP contribution in [0.15, 0.2) is 0 Å². The number of hydrogen-bond acceptors (Lipinski definition) is 5. The SMILES string of the molecule is CCOC(COP(O)O)OCC. The Bertz CT molecular complexity index is 93.9. The highest BCUT2D eigenvalue weighted by atomic mass is 31.2. The minimum absolute atomic E-state index is 0.0420. The van der Waals surface area contributed by atoms with E-state index in [1.165, 1.54) is 0 Å². The van der Waals surface area contributed by atoms with Crippen LogP contribution in [0.5, 0.6) is 0 Å². The van der Waals surface area contributed by atoms with Gasteiger partial charge in [0.05, 0.1) is 0 Å². The molecule has 0 bridgehead atoms. The van der Waals surface area contributed by atoms with Crippen LogP contribution in [0.1, 0.15) is 13.8 Å². The maximum absolute atomic E-state index is 8.42. The van der Waals surface area contributed by atoms with E-state index in [4.69, 9.17) is 19.3 Å². The average molecular weight is 198 g/mol. The van der Waals surface area contributed by atoms with Crippen LogP contribution in [0, 0.1) is 0 Å². The molecule has 74 valence electrons. The molecule has 0 amide bonds. The molecule has 0 saturated carbocycles. The van der Waals surface area contributed by atoms with Crippen molar-refractivity contribution in [2.75, 3.05) is 19.8 Å². The normalized spacial score (nSPS) is 11.5. The zero-order valence-corrected chi connectivity index (χ0v) is 8.16. The summed E-state index contributed by atoms with van der Waals surface area (Å²) in [7, 11) is -2.31. The second-order valence-electron chi connectivity index (χ2n) is 1.89. The Morgan fingerprint density at radius 3 is 2.00 bits per heavy atom. The summed E-state index contributed by atoms with van der Waals surface area (Å²) in [6.07, 6.45) is -0.510. The van der Waals surface area contributed by atoms with E-state index in [0.717, 1.165) is 0 Å². The third kappa shape index (κ3) is 6.91. The van der Waals surface area contributed by atoms with Crippen molar-refractivity contribution in [3.63, 3.8) is 0 Å². The molecule has 0 aromatic heterocycles. The minimum atomic E-state index is -2.31. The van der Waals surface area contributed by atoms with Crippen molar-refractivity contribution in [3.05, 3.63) is 0 Å². The van der Waals surface area contributed by atoms with Gasteiger partial charge in [-0.3, -0.25) is 0 Å². The second-order valence-corrected chi connectivity index (χ2v) is 2.65. The predicted molar refractivity (Wildman–Crippen MR) is 44.3 cm³/mol. The molecule has 0 aliphatic rings. The summed E-state index contributed by atoms with van der Waals surface area (Å²) in [6, 6.07) is 0. The largest absolute Gasteiger partial charge is 0.351 e. The molecular weight excluding hydrogens is 183 g/mol. The van der Waals surface area contributed by atoms with Crippen molar-refractivity contribution >= 4 is 8.60 Å². The van der Waals surface area contributed by atoms with Gasteiger partial charge in [0.1, 0.15) is 6.61 Å². The molecule has 5 nitrogen and oxygen atoms in total. The molecule has 2 N–H and O–H groups in total. The molecule has 0 spiro atoms. The van der Waals surface area contributed by atoms with Gasteiger partial charge in [-0.05, 0) is 13.8 Å². The molecule has 0 aromatic rings. The fraction of sp³-hybridized carbons (Fsp3) is 1.00. The van der Waals surface area contributed by atoms with E-state index in [1.54, 1.807) is 0 Å². The van der Waals surface area contributed by atoms with E-state index >= 15 is 0 Å². The van der Waals surface area contributed by atoms with Crippen molar-refractivity contribution in [2.45, 2.75) is 20.1 Å². The summed E-state index contributed by atoms with van der Waals surface area (Å²) in [5.74, 6) is 0. The van der Waals surface area contributed by atoms with Crippen molar-refractivity contribution < 1.29 is 23.8 Å². The molecule has 0 aromatic carbocycles. The molecule has 0 saturated heterocycles. The number of rotatable bonds is 7. The molecule has 0 heterocycles. The van der Waals surface area contributed by atoms with Crippen LogP contribution in [0.3, 0.4) is 0 Å². The summed E-state index contributed by atoms with van der Waals surface area (Å²) in [5.41, 5.74) is 0. The highest BCUT2D eigenvalue weighted by molar-refractivity contribution is 7.39. The molecule has 0 atom stereocenters. The van der Waals surface area contributed by atoms with Crippen LogP contribution in [0.2, 0.25) is 0 Å². The van der Waals surface area contributed by atoms with Crippen molar-refractivity contribution in [1.29, 1.82) is 0 Å². The lowest BCUT2D eigenvalue weighted by Gasteiger charge is -2.16. The Labute approximate surface area is 73.3 Å². The lowest BCUT2D eigenvalue weighted by Crippen LogP contribution is -2.22. The van der Waals surface area contributed by atoms with E-state index < -0.39 is 14.9 Å². The fourth-order valence-corrected chi connectivity index (χ4v) is 0.899. The van der Waals surface area contributed by atoms with Gasteiger partial charge in [-0.1, -0.05) is 0 Å². The molecular formula is C6H15O5P. The molecule has 12 heavy (non-hydrogen) atoms. The van der Waals surface area contributed by atoms with Crippen LogP contribution < -0.4 is 0 Å². The quantitative estimate of drug-likeness (QED) is 0.463. The average Bonchev–Trinajstić information content (AvgIpc) is 2.01. The van der Waals surface area contributed by atoms with Gasteiger partial charge in [0.25, 0.3) is 0 Å². The van der Waals surface area contributed by atoms with Crippen molar-refractivity contribution in [3.8, 4) is 0 Å². The Hall–Kier alpha value is 0.230. The van der Waals surface area contributed by atoms with E-state index in [-0.39, 0.29) is 6.61 Å². The van der Waals surface area contributed by atoms with Gasteiger partial charge in [-0.15, -0.1) is 0 Å². The first-order chi connectivity index (χ1) is 5.70. The molecule has 0 unspecified atom stereocenters. The van der Waals surface area contributed by atoms with Crippen LogP contribution in [-0.2, 0) is 14.0 Å². The van der Waals surface area contributed by atoms with Crippen LogP contribution in [0.25, 0.3) is 0 Å². The summed E-state index contributed by atoms with van der Waals surface area (Å²) >= 11 is 0.